The fraction of sp³-hybridized carbons (Fsp3) is 0.133. The van der Waals surface area contributed by atoms with E-state index in [2.05, 4.69) is 0 Å². The standard InChI is InChI=1S/C15H11Cl2NO4/c1-9-5-6-10(7-14(9)18(20)21)15(19)22-8-11-12(16)3-2-4-13(11)17/h2-7H,8H2,1H3. The molecule has 0 aliphatic rings. The Balaban J connectivity index is 2.16. The van der Waals surface area contributed by atoms with Crippen molar-refractivity contribution in [2.45, 2.75) is 13.5 Å². The predicted octanol–water partition coefficient (Wildman–Crippen LogP) is 4.57. The van der Waals surface area contributed by atoms with Crippen molar-refractivity contribution in [2.24, 2.45) is 0 Å². The number of nitro groups is 1. The van der Waals surface area contributed by atoms with Gasteiger partial charge in [-0.3, -0.25) is 10.1 Å². The summed E-state index contributed by atoms with van der Waals surface area (Å²) in [5.41, 5.74) is 0.919. The van der Waals surface area contributed by atoms with Crippen LogP contribution in [0.4, 0.5) is 5.69 Å². The van der Waals surface area contributed by atoms with Crippen LogP contribution in [-0.2, 0) is 11.3 Å². The van der Waals surface area contributed by atoms with Crippen LogP contribution in [0, 0.1) is 17.0 Å². The van der Waals surface area contributed by atoms with Gasteiger partial charge in [-0.25, -0.2) is 4.79 Å². The largest absolute Gasteiger partial charge is 0.457 e. The topological polar surface area (TPSA) is 69.4 Å². The average molecular weight is 340 g/mol. The summed E-state index contributed by atoms with van der Waals surface area (Å²) in [4.78, 5) is 22.3. The van der Waals surface area contributed by atoms with Crippen molar-refractivity contribution in [1.82, 2.24) is 0 Å². The molecule has 0 aromatic heterocycles. The fourth-order valence-electron chi connectivity index (χ4n) is 1.82. The second kappa shape index (κ2) is 6.77. The Morgan fingerprint density at radius 2 is 1.86 bits per heavy atom. The molecule has 0 N–H and O–H groups in total. The molecule has 0 saturated heterocycles. The third-order valence-electron chi connectivity index (χ3n) is 3.05. The number of aryl methyl sites for hydroxylation is 1. The summed E-state index contributed by atoms with van der Waals surface area (Å²) in [5, 5.41) is 11.7. The normalized spacial score (nSPS) is 10.3. The van der Waals surface area contributed by atoms with Crippen molar-refractivity contribution >= 4 is 34.9 Å². The zero-order valence-electron chi connectivity index (χ0n) is 11.5. The van der Waals surface area contributed by atoms with E-state index in [0.717, 1.165) is 0 Å². The number of carbonyl (C=O) groups is 1. The Morgan fingerprint density at radius 1 is 1.23 bits per heavy atom. The molecule has 0 bridgehead atoms. The number of hydrogen-bond donors (Lipinski definition) is 0. The van der Waals surface area contributed by atoms with Crippen molar-refractivity contribution in [2.75, 3.05) is 0 Å². The van der Waals surface area contributed by atoms with Gasteiger partial charge in [0.15, 0.2) is 0 Å². The quantitative estimate of drug-likeness (QED) is 0.464. The third-order valence-corrected chi connectivity index (χ3v) is 3.76. The predicted molar refractivity (Wildman–Crippen MR) is 83.4 cm³/mol. The summed E-state index contributed by atoms with van der Waals surface area (Å²) < 4.78 is 5.12. The molecule has 0 aliphatic carbocycles. The maximum Gasteiger partial charge on any atom is 0.338 e. The number of halogens is 2. The minimum atomic E-state index is -0.681. The molecule has 22 heavy (non-hydrogen) atoms. The molecule has 0 aliphatic heterocycles. The smallest absolute Gasteiger partial charge is 0.338 e. The summed E-state index contributed by atoms with van der Waals surface area (Å²) in [5.74, 6) is -0.681. The van der Waals surface area contributed by atoms with Crippen LogP contribution in [0.3, 0.4) is 0 Å². The van der Waals surface area contributed by atoms with Gasteiger partial charge in [0, 0.05) is 27.2 Å². The van der Waals surface area contributed by atoms with E-state index in [1.807, 2.05) is 0 Å². The maximum atomic E-state index is 12.0. The molecular weight excluding hydrogens is 329 g/mol. The number of nitrogens with zero attached hydrogens (tertiary/aromatic N) is 1. The average Bonchev–Trinajstić information content (AvgIpc) is 2.46. The first-order chi connectivity index (χ1) is 10.4. The highest BCUT2D eigenvalue weighted by molar-refractivity contribution is 6.35. The minimum Gasteiger partial charge on any atom is -0.457 e. The van der Waals surface area contributed by atoms with Crippen LogP contribution in [0.25, 0.3) is 0 Å². The summed E-state index contributed by atoms with van der Waals surface area (Å²) in [7, 11) is 0. The number of rotatable bonds is 4. The van der Waals surface area contributed by atoms with E-state index in [1.54, 1.807) is 25.1 Å². The van der Waals surface area contributed by atoms with E-state index in [4.69, 9.17) is 27.9 Å². The zero-order chi connectivity index (χ0) is 16.3. The summed E-state index contributed by atoms with van der Waals surface area (Å²) in [6.07, 6.45) is 0. The number of ether oxygens (including phenoxy) is 1. The highest BCUT2D eigenvalue weighted by atomic mass is 35.5. The Bertz CT molecular complexity index is 726. The highest BCUT2D eigenvalue weighted by Crippen LogP contribution is 2.26. The van der Waals surface area contributed by atoms with E-state index in [1.165, 1.54) is 18.2 Å². The fourth-order valence-corrected chi connectivity index (χ4v) is 2.33. The molecule has 0 radical (unpaired) electrons. The third kappa shape index (κ3) is 3.55. The number of nitro benzene ring substituents is 1. The Hall–Kier alpha value is -2.11. The van der Waals surface area contributed by atoms with Crippen LogP contribution in [0.15, 0.2) is 36.4 Å². The lowest BCUT2D eigenvalue weighted by Gasteiger charge is -2.08. The Morgan fingerprint density at radius 3 is 2.45 bits per heavy atom. The van der Waals surface area contributed by atoms with Crippen LogP contribution >= 0.6 is 23.2 Å². The first kappa shape index (κ1) is 16.3. The van der Waals surface area contributed by atoms with Crippen LogP contribution in [0.1, 0.15) is 21.5 Å². The highest BCUT2D eigenvalue weighted by Gasteiger charge is 2.16. The number of esters is 1. The van der Waals surface area contributed by atoms with Crippen LogP contribution in [0.2, 0.25) is 10.0 Å². The number of hydrogen-bond acceptors (Lipinski definition) is 4. The van der Waals surface area contributed by atoms with Gasteiger partial charge in [-0.2, -0.15) is 0 Å². The van der Waals surface area contributed by atoms with Gasteiger partial charge in [0.25, 0.3) is 5.69 Å². The van der Waals surface area contributed by atoms with Gasteiger partial charge in [0.05, 0.1) is 10.5 Å². The van der Waals surface area contributed by atoms with E-state index in [-0.39, 0.29) is 17.9 Å². The zero-order valence-corrected chi connectivity index (χ0v) is 13.0. The molecule has 0 fully saturated rings. The second-order valence-electron chi connectivity index (χ2n) is 4.53. The van der Waals surface area contributed by atoms with Crippen molar-refractivity contribution < 1.29 is 14.5 Å². The molecule has 114 valence electrons. The van der Waals surface area contributed by atoms with Crippen LogP contribution in [0.5, 0.6) is 0 Å². The molecule has 0 spiro atoms. The van der Waals surface area contributed by atoms with Gasteiger partial charge in [0.2, 0.25) is 0 Å². The van der Waals surface area contributed by atoms with Crippen LogP contribution < -0.4 is 0 Å². The van der Waals surface area contributed by atoms with E-state index < -0.39 is 10.9 Å². The summed E-state index contributed by atoms with van der Waals surface area (Å²) in [6.45, 7) is 1.48. The first-order valence-corrected chi connectivity index (χ1v) is 7.01. The molecule has 0 saturated carbocycles. The minimum absolute atomic E-state index is 0.0977. The molecule has 2 aromatic carbocycles. The first-order valence-electron chi connectivity index (χ1n) is 6.25. The van der Waals surface area contributed by atoms with Gasteiger partial charge in [-0.1, -0.05) is 35.3 Å². The lowest BCUT2D eigenvalue weighted by atomic mass is 10.1. The van der Waals surface area contributed by atoms with Gasteiger partial charge in [-0.15, -0.1) is 0 Å². The lowest BCUT2D eigenvalue weighted by molar-refractivity contribution is -0.385. The number of carbonyl (C=O) groups excluding carboxylic acids is 1. The molecule has 2 aromatic rings. The summed E-state index contributed by atoms with van der Waals surface area (Å²) in [6, 6.07) is 9.10. The molecule has 0 amide bonds. The molecule has 0 unspecified atom stereocenters. The van der Waals surface area contributed by atoms with E-state index in [0.29, 0.717) is 21.2 Å². The van der Waals surface area contributed by atoms with Crippen molar-refractivity contribution in [3.63, 3.8) is 0 Å². The molecule has 5 nitrogen and oxygen atoms in total. The van der Waals surface area contributed by atoms with Crippen molar-refractivity contribution in [1.29, 1.82) is 0 Å². The van der Waals surface area contributed by atoms with Gasteiger partial charge in [-0.05, 0) is 25.1 Å². The molecule has 0 heterocycles. The van der Waals surface area contributed by atoms with E-state index >= 15 is 0 Å². The van der Waals surface area contributed by atoms with Crippen LogP contribution in [-0.4, -0.2) is 10.9 Å². The Kier molecular flexibility index (Phi) is 5.00. The molecule has 7 heteroatoms. The SMILES string of the molecule is Cc1ccc(C(=O)OCc2c(Cl)cccc2Cl)cc1[N+](=O)[O-]. The lowest BCUT2D eigenvalue weighted by Crippen LogP contribution is -2.07. The van der Waals surface area contributed by atoms with Gasteiger partial charge >= 0.3 is 5.97 Å². The van der Waals surface area contributed by atoms with E-state index in [9.17, 15) is 14.9 Å². The second-order valence-corrected chi connectivity index (χ2v) is 5.35. The monoisotopic (exact) mass is 339 g/mol. The molecule has 2 rings (SSSR count). The Labute approximate surface area is 136 Å². The number of benzene rings is 2. The van der Waals surface area contributed by atoms with Crippen molar-refractivity contribution in [3.05, 3.63) is 73.2 Å². The van der Waals surface area contributed by atoms with Gasteiger partial charge < -0.3 is 4.74 Å². The molecular formula is C15H11Cl2NO4. The summed E-state index contributed by atoms with van der Waals surface area (Å²) >= 11 is 12.0. The van der Waals surface area contributed by atoms with Gasteiger partial charge in [0.1, 0.15) is 6.61 Å². The van der Waals surface area contributed by atoms with Crippen molar-refractivity contribution in [3.8, 4) is 0 Å². The molecule has 0 atom stereocenters. The maximum absolute atomic E-state index is 12.0.